The van der Waals surface area contributed by atoms with Crippen molar-refractivity contribution in [1.29, 1.82) is 0 Å². The molecule has 1 heterocycles. The van der Waals surface area contributed by atoms with Gasteiger partial charge in [-0.25, -0.2) is 4.79 Å². The maximum absolute atomic E-state index is 11.0. The van der Waals surface area contributed by atoms with E-state index in [-0.39, 0.29) is 11.5 Å². The maximum atomic E-state index is 11.0. The number of para-hydroxylation sites is 1. The second kappa shape index (κ2) is 5.97. The lowest BCUT2D eigenvalue weighted by molar-refractivity contribution is -0.141. The third kappa shape index (κ3) is 3.01. The van der Waals surface area contributed by atoms with Crippen LogP contribution in [0.15, 0.2) is 23.2 Å². The van der Waals surface area contributed by atoms with E-state index >= 15 is 0 Å². The highest BCUT2D eigenvalue weighted by Gasteiger charge is 2.39. The van der Waals surface area contributed by atoms with Gasteiger partial charge < -0.3 is 15.3 Å². The van der Waals surface area contributed by atoms with Crippen molar-refractivity contribution in [2.75, 3.05) is 5.75 Å². The molecule has 6 heteroatoms. The average Bonchev–Trinajstić information content (AvgIpc) is 2.79. The summed E-state index contributed by atoms with van der Waals surface area (Å²) in [6.07, 6.45) is 0. The highest BCUT2D eigenvalue weighted by atomic mass is 32.2. The zero-order chi connectivity index (χ0) is 14.6. The normalized spacial score (nSPS) is 21.3. The molecule has 1 aliphatic rings. The predicted octanol–water partition coefficient (Wildman–Crippen LogP) is 2.46. The number of phenols is 2. The van der Waals surface area contributed by atoms with Gasteiger partial charge in [-0.05, 0) is 19.1 Å². The van der Waals surface area contributed by atoms with Crippen LogP contribution in [0.25, 0.3) is 0 Å². The van der Waals surface area contributed by atoms with E-state index in [1.165, 1.54) is 24.8 Å². The quantitative estimate of drug-likeness (QED) is 0.725. The summed E-state index contributed by atoms with van der Waals surface area (Å²) < 4.78 is 0. The van der Waals surface area contributed by atoms with Gasteiger partial charge in [0.15, 0.2) is 17.0 Å². The summed E-state index contributed by atoms with van der Waals surface area (Å²) in [4.78, 5) is 15.1. The van der Waals surface area contributed by atoms with Crippen LogP contribution < -0.4 is 0 Å². The van der Waals surface area contributed by atoms with E-state index in [1.54, 1.807) is 12.1 Å². The fourth-order valence-corrected chi connectivity index (χ4v) is 2.64. The number of aliphatic imine (C=N–C) groups is 1. The first kappa shape index (κ1) is 15.4. The molecule has 2 rings (SSSR count). The van der Waals surface area contributed by atoms with Crippen LogP contribution in [-0.2, 0) is 4.79 Å². The summed E-state index contributed by atoms with van der Waals surface area (Å²) in [5, 5.41) is 28.5. The Morgan fingerprint density at radius 3 is 2.53 bits per heavy atom. The molecule has 0 fully saturated rings. The Morgan fingerprint density at radius 1 is 1.37 bits per heavy atom. The molecular formula is C13H17NO4S. The van der Waals surface area contributed by atoms with E-state index in [0.717, 1.165) is 0 Å². The monoisotopic (exact) mass is 283 g/mol. The van der Waals surface area contributed by atoms with Gasteiger partial charge in [-0.15, -0.1) is 11.8 Å². The lowest BCUT2D eigenvalue weighted by atomic mass is 10.1. The number of hydrogen-bond donors (Lipinski definition) is 3. The number of aliphatic carboxylic acids is 1. The number of rotatable bonds is 2. The van der Waals surface area contributed by atoms with Crippen LogP contribution >= 0.6 is 11.8 Å². The molecule has 5 nitrogen and oxygen atoms in total. The zero-order valence-corrected chi connectivity index (χ0v) is 11.9. The number of aromatic hydroxyl groups is 2. The van der Waals surface area contributed by atoms with Crippen LogP contribution in [0.3, 0.4) is 0 Å². The second-order valence-electron chi connectivity index (χ2n) is 3.96. The smallest absolute Gasteiger partial charge is 0.332 e. The molecule has 0 saturated heterocycles. The fraction of sp³-hybridized carbons (Fsp3) is 0.385. The molecule has 0 saturated carbocycles. The third-order valence-corrected chi connectivity index (χ3v) is 3.84. The summed E-state index contributed by atoms with van der Waals surface area (Å²) in [5.41, 5.74) is -0.808. The number of phenolic OH excluding ortho intramolecular Hbond substituents is 2. The van der Waals surface area contributed by atoms with Gasteiger partial charge in [0.2, 0.25) is 0 Å². The van der Waals surface area contributed by atoms with Gasteiger partial charge in [0.25, 0.3) is 0 Å². The Morgan fingerprint density at radius 2 is 2.00 bits per heavy atom. The molecule has 0 radical (unpaired) electrons. The van der Waals surface area contributed by atoms with E-state index < -0.39 is 11.5 Å². The molecular weight excluding hydrogens is 266 g/mol. The number of carboxylic acid groups (broad SMARTS) is 1. The number of nitrogens with zero attached hydrogens (tertiary/aromatic N) is 1. The topological polar surface area (TPSA) is 90.1 Å². The first-order chi connectivity index (χ1) is 8.94. The Hall–Kier alpha value is -1.69. The minimum absolute atomic E-state index is 0.241. The highest BCUT2D eigenvalue weighted by Crippen LogP contribution is 2.37. The van der Waals surface area contributed by atoms with Gasteiger partial charge in [0.1, 0.15) is 5.04 Å². The minimum Gasteiger partial charge on any atom is -0.504 e. The Kier molecular flexibility index (Phi) is 4.83. The molecule has 0 amide bonds. The largest absolute Gasteiger partial charge is 0.504 e. The van der Waals surface area contributed by atoms with Crippen LogP contribution in [-0.4, -0.2) is 37.6 Å². The lowest BCUT2D eigenvalue weighted by Gasteiger charge is -2.11. The molecule has 0 aromatic heterocycles. The van der Waals surface area contributed by atoms with Crippen LogP contribution in [0.2, 0.25) is 0 Å². The fourth-order valence-electron chi connectivity index (χ4n) is 1.45. The highest BCUT2D eigenvalue weighted by molar-refractivity contribution is 8.14. The van der Waals surface area contributed by atoms with Crippen molar-refractivity contribution in [1.82, 2.24) is 0 Å². The minimum atomic E-state index is -1.17. The number of thioether (sulfide) groups is 1. The Bertz CT molecular complexity index is 515. The molecule has 0 bridgehead atoms. The molecule has 1 atom stereocenters. The number of benzene rings is 1. The summed E-state index contributed by atoms with van der Waals surface area (Å²) in [6.45, 7) is 5.52. The third-order valence-electron chi connectivity index (χ3n) is 2.54. The first-order valence-electron chi connectivity index (χ1n) is 5.91. The molecule has 1 aromatic rings. The van der Waals surface area contributed by atoms with Gasteiger partial charge in [-0.1, -0.05) is 19.9 Å². The molecule has 1 aromatic carbocycles. The summed E-state index contributed by atoms with van der Waals surface area (Å²) in [5.74, 6) is -1.20. The molecule has 0 spiro atoms. The van der Waals surface area contributed by atoms with Gasteiger partial charge in [-0.3, -0.25) is 4.99 Å². The molecule has 1 aliphatic heterocycles. The van der Waals surface area contributed by atoms with Crippen molar-refractivity contribution < 1.29 is 20.1 Å². The van der Waals surface area contributed by atoms with Crippen molar-refractivity contribution in [2.24, 2.45) is 4.99 Å². The van der Waals surface area contributed by atoms with Crippen LogP contribution in [0.1, 0.15) is 26.3 Å². The molecule has 0 unspecified atom stereocenters. The number of hydrogen-bond acceptors (Lipinski definition) is 5. The molecule has 0 aliphatic carbocycles. The van der Waals surface area contributed by atoms with Gasteiger partial charge in [0, 0.05) is 5.75 Å². The first-order valence-corrected chi connectivity index (χ1v) is 6.90. The van der Waals surface area contributed by atoms with E-state index in [9.17, 15) is 15.0 Å². The Balaban J connectivity index is 0.000000861. The van der Waals surface area contributed by atoms with Crippen molar-refractivity contribution in [3.05, 3.63) is 23.8 Å². The summed E-state index contributed by atoms with van der Waals surface area (Å²) >= 11 is 1.25. The Labute approximate surface area is 116 Å². The van der Waals surface area contributed by atoms with Crippen LogP contribution in [0.4, 0.5) is 0 Å². The maximum Gasteiger partial charge on any atom is 0.332 e. The number of carboxylic acids is 1. The van der Waals surface area contributed by atoms with E-state index in [0.29, 0.717) is 16.4 Å². The summed E-state index contributed by atoms with van der Waals surface area (Å²) in [6, 6.07) is 4.52. The average molecular weight is 283 g/mol. The van der Waals surface area contributed by atoms with E-state index in [1.807, 2.05) is 13.8 Å². The van der Waals surface area contributed by atoms with Gasteiger partial charge in [-0.2, -0.15) is 0 Å². The van der Waals surface area contributed by atoms with E-state index in [2.05, 4.69) is 4.99 Å². The predicted molar refractivity (Wildman–Crippen MR) is 76.2 cm³/mol. The molecule has 3 N–H and O–H groups in total. The van der Waals surface area contributed by atoms with Gasteiger partial charge >= 0.3 is 5.97 Å². The molecule has 19 heavy (non-hydrogen) atoms. The second-order valence-corrected chi connectivity index (χ2v) is 4.92. The number of carbonyl (C=O) groups is 1. The van der Waals surface area contributed by atoms with Crippen LogP contribution in [0, 0.1) is 0 Å². The zero-order valence-electron chi connectivity index (χ0n) is 11.0. The standard InChI is InChI=1S/C11H11NO4S.C2H6/c1-11(10(15)16)5-17-9(12-11)6-3-2-4-7(13)8(6)14;1-2/h2-4,13-14H,5H2,1H3,(H,15,16);1-2H3/t11-;/m1./s1. The SMILES string of the molecule is CC.C[C@]1(C(=O)O)CSC(c2cccc(O)c2O)=N1. The van der Waals surface area contributed by atoms with Crippen LogP contribution in [0.5, 0.6) is 11.5 Å². The van der Waals surface area contributed by atoms with Crippen molar-refractivity contribution in [3.8, 4) is 11.5 Å². The van der Waals surface area contributed by atoms with Gasteiger partial charge in [0.05, 0.1) is 5.56 Å². The van der Waals surface area contributed by atoms with Crippen molar-refractivity contribution in [2.45, 2.75) is 26.3 Å². The van der Waals surface area contributed by atoms with Crippen molar-refractivity contribution in [3.63, 3.8) is 0 Å². The summed E-state index contributed by atoms with van der Waals surface area (Å²) in [7, 11) is 0. The lowest BCUT2D eigenvalue weighted by Crippen LogP contribution is -2.33. The molecule has 104 valence electrons. The van der Waals surface area contributed by atoms with E-state index in [4.69, 9.17) is 5.11 Å². The van der Waals surface area contributed by atoms with Crippen molar-refractivity contribution >= 4 is 22.8 Å².